The number of carbonyl (C=O) groups is 6. The van der Waals surface area contributed by atoms with E-state index in [1.165, 1.54) is 32.9 Å². The lowest BCUT2D eigenvalue weighted by Gasteiger charge is -2.45. The van der Waals surface area contributed by atoms with E-state index in [1.807, 2.05) is 0 Å². The van der Waals surface area contributed by atoms with Gasteiger partial charge in [0, 0.05) is 51.0 Å². The Labute approximate surface area is 309 Å². The number of ether oxygens (including phenoxy) is 6. The quantitative estimate of drug-likeness (QED) is 0.221. The number of carbonyl (C=O) groups excluding carboxylic acids is 6. The normalized spacial score (nSPS) is 33.2. The third-order valence-electron chi connectivity index (χ3n) is 9.56. The Kier molecular flexibility index (Phi) is 13.4. The lowest BCUT2D eigenvalue weighted by atomic mass is 9.71. The third kappa shape index (κ3) is 9.71. The molecule has 14 heteroatoms. The van der Waals surface area contributed by atoms with Gasteiger partial charge in [0.25, 0.3) is 0 Å². The molecular weight excluding hydrogens is 692 g/mol. The summed E-state index contributed by atoms with van der Waals surface area (Å²) in [7, 11) is 0. The van der Waals surface area contributed by atoms with Crippen LogP contribution in [0.4, 0.5) is 0 Å². The van der Waals surface area contributed by atoms with E-state index in [4.69, 9.17) is 28.4 Å². The number of hydrogen-bond donors (Lipinski definition) is 2. The molecule has 14 nitrogen and oxygen atoms in total. The summed E-state index contributed by atoms with van der Waals surface area (Å²) in [5.74, 6) is -8.37. The first-order valence-corrected chi connectivity index (χ1v) is 17.4. The summed E-state index contributed by atoms with van der Waals surface area (Å²) in [5.41, 5.74) is -5.69. The van der Waals surface area contributed by atoms with Crippen molar-refractivity contribution in [1.82, 2.24) is 0 Å². The van der Waals surface area contributed by atoms with Gasteiger partial charge in [0.2, 0.25) is 0 Å². The van der Waals surface area contributed by atoms with Crippen molar-refractivity contribution >= 4 is 35.8 Å². The van der Waals surface area contributed by atoms with Crippen LogP contribution in [0.1, 0.15) is 86.0 Å². The summed E-state index contributed by atoms with van der Waals surface area (Å²) in [4.78, 5) is 78.0. The van der Waals surface area contributed by atoms with Crippen LogP contribution in [0.15, 0.2) is 54.6 Å². The van der Waals surface area contributed by atoms with Crippen LogP contribution in [0.25, 0.3) is 0 Å². The minimum absolute atomic E-state index is 0.0857. The van der Waals surface area contributed by atoms with Crippen LogP contribution >= 0.6 is 0 Å². The smallest absolute Gasteiger partial charge is 0.338 e. The zero-order valence-electron chi connectivity index (χ0n) is 31.9. The van der Waals surface area contributed by atoms with Crippen molar-refractivity contribution in [2.45, 2.75) is 123 Å². The second kappa shape index (κ2) is 16.6. The Morgan fingerprint density at radius 2 is 1.32 bits per heavy atom. The van der Waals surface area contributed by atoms with Crippen LogP contribution in [0.2, 0.25) is 0 Å². The van der Waals surface area contributed by atoms with E-state index in [1.54, 1.807) is 51.1 Å². The molecule has 0 saturated heterocycles. The molecule has 2 aliphatic carbocycles. The molecule has 1 aromatic carbocycles. The molecule has 3 rings (SSSR count). The zero-order chi connectivity index (χ0) is 40.2. The van der Waals surface area contributed by atoms with Gasteiger partial charge in [-0.15, -0.1) is 0 Å². The second-order valence-electron chi connectivity index (χ2n) is 15.0. The van der Waals surface area contributed by atoms with Crippen molar-refractivity contribution in [1.29, 1.82) is 0 Å². The van der Waals surface area contributed by atoms with Crippen LogP contribution in [-0.2, 0) is 52.4 Å². The van der Waals surface area contributed by atoms with E-state index < -0.39 is 113 Å². The minimum atomic E-state index is -2.36. The molecule has 0 radical (unpaired) electrons. The summed E-state index contributed by atoms with van der Waals surface area (Å²) in [6, 6.07) is 7.80. The van der Waals surface area contributed by atoms with E-state index in [2.05, 4.69) is 6.58 Å². The highest BCUT2D eigenvalue weighted by Crippen LogP contribution is 2.54. The van der Waals surface area contributed by atoms with Crippen LogP contribution in [0.5, 0.6) is 0 Å². The average Bonchev–Trinajstić information content (AvgIpc) is 3.26. The Morgan fingerprint density at radius 1 is 0.774 bits per heavy atom. The summed E-state index contributed by atoms with van der Waals surface area (Å²) < 4.78 is 35.1. The van der Waals surface area contributed by atoms with Crippen LogP contribution < -0.4 is 0 Å². The number of esters is 6. The fourth-order valence-electron chi connectivity index (χ4n) is 7.30. The van der Waals surface area contributed by atoms with Crippen LogP contribution in [-0.4, -0.2) is 93.9 Å². The van der Waals surface area contributed by atoms with Crippen molar-refractivity contribution < 1.29 is 67.4 Å². The SMILES string of the molecule is C=C1[C@@H](OC(=O)C(C)C)[C@H](O)[C@H](OC(C)=O)C(C)(C)/C=C/[C@@H](C)[C@@H](OC(C)=O)[C@]2(O)C[C@](C)(OC(C)=O)[C@@H](OC(=O)c3ccccc3)[C@H]2[C@@H]1OC(C)=O. The van der Waals surface area contributed by atoms with Gasteiger partial charge in [0.1, 0.15) is 35.6 Å². The maximum atomic E-state index is 13.8. The highest BCUT2D eigenvalue weighted by Gasteiger charge is 2.70. The molecule has 0 aromatic heterocycles. The first kappa shape index (κ1) is 42.8. The predicted octanol–water partition coefficient (Wildman–Crippen LogP) is 3.80. The fraction of sp³-hybridized carbons (Fsp3) is 0.590. The molecule has 0 aliphatic heterocycles. The standard InChI is InChI=1S/C39H52O14/c1-20(2)35(45)51-31-22(4)30(48-23(5)40)28-33(52-36(46)27-15-13-12-14-16-27)38(11,53-26(8)43)19-39(28,47)32(49-24(6)41)21(3)17-18-37(9,10)34(29(31)44)50-25(7)42/h12-18,20-21,28-34,44,47H,4,19H2,1-3,5-11H3/b18-17+/t21-,28-,29+,30-,31-,32-,33+,34+,38+,39+/m1/s1. The molecule has 2 aliphatic rings. The topological polar surface area (TPSA) is 198 Å². The summed E-state index contributed by atoms with van der Waals surface area (Å²) >= 11 is 0. The van der Waals surface area contributed by atoms with Gasteiger partial charge in [-0.1, -0.05) is 71.5 Å². The first-order valence-electron chi connectivity index (χ1n) is 17.4. The van der Waals surface area contributed by atoms with Crippen molar-refractivity contribution in [3.05, 3.63) is 60.2 Å². The molecule has 2 N–H and O–H groups in total. The van der Waals surface area contributed by atoms with Crippen LogP contribution in [0.3, 0.4) is 0 Å². The predicted molar refractivity (Wildman–Crippen MR) is 187 cm³/mol. The molecule has 292 valence electrons. The van der Waals surface area contributed by atoms with Crippen molar-refractivity contribution in [2.24, 2.45) is 23.2 Å². The number of aliphatic hydroxyl groups excluding tert-OH is 1. The number of aliphatic hydroxyl groups is 2. The molecule has 1 aromatic rings. The number of hydrogen-bond acceptors (Lipinski definition) is 14. The van der Waals surface area contributed by atoms with E-state index >= 15 is 0 Å². The molecular formula is C39H52O14. The van der Waals surface area contributed by atoms with Gasteiger partial charge in [-0.3, -0.25) is 24.0 Å². The van der Waals surface area contributed by atoms with Crippen LogP contribution in [0, 0.1) is 23.2 Å². The first-order chi connectivity index (χ1) is 24.4. The van der Waals surface area contributed by atoms with Gasteiger partial charge in [-0.05, 0) is 19.1 Å². The molecule has 0 unspecified atom stereocenters. The molecule has 1 fully saturated rings. The molecule has 0 bridgehead atoms. The summed E-state index contributed by atoms with van der Waals surface area (Å²) in [6.45, 7) is 17.9. The fourth-order valence-corrected chi connectivity index (χ4v) is 7.30. The Morgan fingerprint density at radius 3 is 1.83 bits per heavy atom. The van der Waals surface area contributed by atoms with Gasteiger partial charge in [0.15, 0.2) is 12.2 Å². The monoisotopic (exact) mass is 744 g/mol. The average molecular weight is 745 g/mol. The molecule has 1 saturated carbocycles. The van der Waals surface area contributed by atoms with E-state index in [0.29, 0.717) is 0 Å². The Hall–Kier alpha value is -4.56. The highest BCUT2D eigenvalue weighted by atomic mass is 16.6. The van der Waals surface area contributed by atoms with Crippen molar-refractivity contribution in [3.63, 3.8) is 0 Å². The number of fused-ring (bicyclic) bond motifs is 1. The van der Waals surface area contributed by atoms with E-state index in [-0.39, 0.29) is 11.1 Å². The van der Waals surface area contributed by atoms with Gasteiger partial charge in [-0.2, -0.15) is 0 Å². The number of rotatable bonds is 8. The number of benzene rings is 1. The largest absolute Gasteiger partial charge is 0.459 e. The second-order valence-corrected chi connectivity index (χ2v) is 15.0. The molecule has 0 amide bonds. The summed E-state index contributed by atoms with van der Waals surface area (Å²) in [6.07, 6.45) is -7.41. The van der Waals surface area contributed by atoms with Gasteiger partial charge in [0.05, 0.1) is 17.4 Å². The Balaban J connectivity index is 2.51. The van der Waals surface area contributed by atoms with Crippen molar-refractivity contribution in [3.8, 4) is 0 Å². The summed E-state index contributed by atoms with van der Waals surface area (Å²) in [5, 5.41) is 25.2. The van der Waals surface area contributed by atoms with E-state index in [9.17, 15) is 39.0 Å². The van der Waals surface area contributed by atoms with Crippen molar-refractivity contribution in [2.75, 3.05) is 0 Å². The maximum absolute atomic E-state index is 13.8. The zero-order valence-corrected chi connectivity index (χ0v) is 31.9. The van der Waals surface area contributed by atoms with E-state index in [0.717, 1.165) is 27.7 Å². The highest BCUT2D eigenvalue weighted by molar-refractivity contribution is 5.89. The van der Waals surface area contributed by atoms with Gasteiger partial charge in [-0.25, -0.2) is 4.79 Å². The lowest BCUT2D eigenvalue weighted by Crippen LogP contribution is -2.59. The minimum Gasteiger partial charge on any atom is -0.459 e. The maximum Gasteiger partial charge on any atom is 0.338 e. The third-order valence-corrected chi connectivity index (χ3v) is 9.56. The molecule has 0 heterocycles. The molecule has 10 atom stereocenters. The lowest BCUT2D eigenvalue weighted by molar-refractivity contribution is -0.194. The van der Waals surface area contributed by atoms with Gasteiger partial charge >= 0.3 is 35.8 Å². The Bertz CT molecular complexity index is 1600. The van der Waals surface area contributed by atoms with Gasteiger partial charge < -0.3 is 38.6 Å². The molecule has 53 heavy (non-hydrogen) atoms. The molecule has 0 spiro atoms.